The van der Waals surface area contributed by atoms with Gasteiger partial charge in [-0.1, -0.05) is 33.6 Å². The molecular formula is C10H20NO. The van der Waals surface area contributed by atoms with Crippen molar-refractivity contribution in [3.05, 3.63) is 6.92 Å². The summed E-state index contributed by atoms with van der Waals surface area (Å²) in [5.74, 6) is 0.757. The Morgan fingerprint density at radius 3 is 2.75 bits per heavy atom. The summed E-state index contributed by atoms with van der Waals surface area (Å²) in [6, 6.07) is 0. The molecule has 0 bridgehead atoms. The topological polar surface area (TPSA) is 29.1 Å². The van der Waals surface area contributed by atoms with Crippen LogP contribution in [0.3, 0.4) is 0 Å². The van der Waals surface area contributed by atoms with Gasteiger partial charge in [-0.05, 0) is 12.3 Å². The number of carbonyl (C=O) groups excluding carboxylic acids is 1. The van der Waals surface area contributed by atoms with Crippen LogP contribution in [0.15, 0.2) is 0 Å². The molecule has 0 rings (SSSR count). The smallest absolute Gasteiger partial charge is 0.220 e. The van der Waals surface area contributed by atoms with E-state index in [1.807, 2.05) is 0 Å². The maximum absolute atomic E-state index is 11.1. The lowest BCUT2D eigenvalue weighted by molar-refractivity contribution is -0.121. The summed E-state index contributed by atoms with van der Waals surface area (Å²) in [5, 5.41) is 2.90. The molecule has 0 spiro atoms. The van der Waals surface area contributed by atoms with Gasteiger partial charge >= 0.3 is 0 Å². The predicted molar refractivity (Wildman–Crippen MR) is 51.7 cm³/mol. The Morgan fingerprint density at radius 2 is 2.25 bits per heavy atom. The molecule has 0 saturated carbocycles. The molecule has 0 aliphatic heterocycles. The van der Waals surface area contributed by atoms with E-state index in [0.29, 0.717) is 12.3 Å². The summed E-state index contributed by atoms with van der Waals surface area (Å²) >= 11 is 0. The van der Waals surface area contributed by atoms with E-state index in [2.05, 4.69) is 26.1 Å². The van der Waals surface area contributed by atoms with E-state index in [-0.39, 0.29) is 5.91 Å². The highest BCUT2D eigenvalue weighted by molar-refractivity contribution is 5.75. The molecule has 1 atom stereocenters. The minimum Gasteiger partial charge on any atom is -0.356 e. The summed E-state index contributed by atoms with van der Waals surface area (Å²) in [7, 11) is 0. The monoisotopic (exact) mass is 170 g/mol. The lowest BCUT2D eigenvalue weighted by Crippen LogP contribution is -2.27. The second-order valence-corrected chi connectivity index (χ2v) is 3.27. The lowest BCUT2D eigenvalue weighted by atomic mass is 10.1. The van der Waals surface area contributed by atoms with Crippen LogP contribution in [-0.4, -0.2) is 12.5 Å². The highest BCUT2D eigenvalue weighted by Gasteiger charge is 2.02. The molecule has 2 heteroatoms. The fourth-order valence-corrected chi connectivity index (χ4v) is 0.806. The predicted octanol–water partition coefficient (Wildman–Crippen LogP) is 2.15. The number of unbranched alkanes of at least 4 members (excludes halogenated alkanes) is 1. The number of nitrogens with one attached hydrogen (secondary N) is 1. The van der Waals surface area contributed by atoms with E-state index >= 15 is 0 Å². The lowest BCUT2D eigenvalue weighted by Gasteiger charge is -2.09. The van der Waals surface area contributed by atoms with Crippen molar-refractivity contribution in [1.82, 2.24) is 5.32 Å². The molecule has 2 nitrogen and oxygen atoms in total. The SMILES string of the molecule is [CH2]CCCC(=O)NCC(C)CC. The van der Waals surface area contributed by atoms with E-state index in [0.717, 1.165) is 25.8 Å². The average molecular weight is 170 g/mol. The van der Waals surface area contributed by atoms with Crippen LogP contribution in [0.1, 0.15) is 39.5 Å². The molecule has 1 unspecified atom stereocenters. The van der Waals surface area contributed by atoms with E-state index in [4.69, 9.17) is 0 Å². The summed E-state index contributed by atoms with van der Waals surface area (Å²) in [6.07, 6.45) is 3.48. The third kappa shape index (κ3) is 6.20. The molecule has 1 N–H and O–H groups in total. The van der Waals surface area contributed by atoms with Gasteiger partial charge in [-0.2, -0.15) is 0 Å². The van der Waals surface area contributed by atoms with Gasteiger partial charge in [-0.3, -0.25) is 4.79 Å². The minimum absolute atomic E-state index is 0.166. The van der Waals surface area contributed by atoms with Gasteiger partial charge in [0.15, 0.2) is 0 Å². The zero-order valence-corrected chi connectivity index (χ0v) is 8.23. The van der Waals surface area contributed by atoms with Gasteiger partial charge in [0.1, 0.15) is 0 Å². The first-order valence-corrected chi connectivity index (χ1v) is 4.76. The maximum atomic E-state index is 11.1. The van der Waals surface area contributed by atoms with Crippen LogP contribution in [0.2, 0.25) is 0 Å². The summed E-state index contributed by atoms with van der Waals surface area (Å²) in [4.78, 5) is 11.1. The average Bonchev–Trinajstić information content (AvgIpc) is 2.10. The van der Waals surface area contributed by atoms with Crippen LogP contribution < -0.4 is 5.32 Å². The van der Waals surface area contributed by atoms with Crippen LogP contribution >= 0.6 is 0 Å². The Kier molecular flexibility index (Phi) is 6.82. The Balaban J connectivity index is 3.31. The highest BCUT2D eigenvalue weighted by Crippen LogP contribution is 1.98. The molecular weight excluding hydrogens is 150 g/mol. The third-order valence-electron chi connectivity index (χ3n) is 2.00. The van der Waals surface area contributed by atoms with Gasteiger partial charge in [0.25, 0.3) is 0 Å². The van der Waals surface area contributed by atoms with Gasteiger partial charge in [-0.15, -0.1) is 0 Å². The van der Waals surface area contributed by atoms with Crippen molar-refractivity contribution >= 4 is 5.91 Å². The second-order valence-electron chi connectivity index (χ2n) is 3.27. The molecule has 0 fully saturated rings. The molecule has 0 aliphatic rings. The molecule has 0 saturated heterocycles. The molecule has 0 heterocycles. The Hall–Kier alpha value is -0.530. The standard InChI is InChI=1S/C10H20NO/c1-4-6-7-10(12)11-8-9(3)5-2/h9H,1,4-8H2,2-3H3,(H,11,12). The molecule has 71 valence electrons. The van der Waals surface area contributed by atoms with Crippen molar-refractivity contribution in [2.24, 2.45) is 5.92 Å². The molecule has 1 radical (unpaired) electrons. The molecule has 12 heavy (non-hydrogen) atoms. The Labute approximate surface area is 75.7 Å². The van der Waals surface area contributed by atoms with Gasteiger partial charge in [0.05, 0.1) is 0 Å². The van der Waals surface area contributed by atoms with Gasteiger partial charge in [-0.25, -0.2) is 0 Å². The van der Waals surface area contributed by atoms with Crippen LogP contribution in [-0.2, 0) is 4.79 Å². The zero-order valence-electron chi connectivity index (χ0n) is 8.23. The van der Waals surface area contributed by atoms with Crippen LogP contribution in [0.5, 0.6) is 0 Å². The number of amides is 1. The fraction of sp³-hybridized carbons (Fsp3) is 0.800. The minimum atomic E-state index is 0.166. The Bertz CT molecular complexity index is 123. The van der Waals surface area contributed by atoms with Crippen molar-refractivity contribution in [2.45, 2.75) is 39.5 Å². The quantitative estimate of drug-likeness (QED) is 0.650. The highest BCUT2D eigenvalue weighted by atomic mass is 16.1. The van der Waals surface area contributed by atoms with Gasteiger partial charge in [0, 0.05) is 13.0 Å². The van der Waals surface area contributed by atoms with Crippen molar-refractivity contribution < 1.29 is 4.79 Å². The first kappa shape index (κ1) is 11.5. The number of carbonyl (C=O) groups is 1. The molecule has 1 amide bonds. The van der Waals surface area contributed by atoms with Crippen LogP contribution in [0.25, 0.3) is 0 Å². The van der Waals surface area contributed by atoms with E-state index < -0.39 is 0 Å². The second kappa shape index (κ2) is 7.14. The first-order chi connectivity index (χ1) is 5.70. The summed E-state index contributed by atoms with van der Waals surface area (Å²) in [5.41, 5.74) is 0. The van der Waals surface area contributed by atoms with Crippen LogP contribution in [0.4, 0.5) is 0 Å². The van der Waals surface area contributed by atoms with E-state index in [1.54, 1.807) is 0 Å². The first-order valence-electron chi connectivity index (χ1n) is 4.76. The van der Waals surface area contributed by atoms with Gasteiger partial charge < -0.3 is 5.32 Å². The zero-order chi connectivity index (χ0) is 9.40. The Morgan fingerprint density at radius 1 is 1.58 bits per heavy atom. The molecule has 0 aromatic rings. The number of hydrogen-bond acceptors (Lipinski definition) is 1. The van der Waals surface area contributed by atoms with Crippen LogP contribution in [0, 0.1) is 12.8 Å². The molecule has 0 aromatic carbocycles. The fourth-order valence-electron chi connectivity index (χ4n) is 0.806. The summed E-state index contributed by atoms with van der Waals surface area (Å²) in [6.45, 7) is 8.77. The number of hydrogen-bond donors (Lipinski definition) is 1. The van der Waals surface area contributed by atoms with Crippen molar-refractivity contribution in [1.29, 1.82) is 0 Å². The largest absolute Gasteiger partial charge is 0.356 e. The van der Waals surface area contributed by atoms with E-state index in [9.17, 15) is 4.79 Å². The van der Waals surface area contributed by atoms with Crippen molar-refractivity contribution in [3.8, 4) is 0 Å². The van der Waals surface area contributed by atoms with Crippen molar-refractivity contribution in [3.63, 3.8) is 0 Å². The normalized spacial score (nSPS) is 12.6. The molecule has 0 aliphatic carbocycles. The van der Waals surface area contributed by atoms with E-state index in [1.165, 1.54) is 0 Å². The van der Waals surface area contributed by atoms with Gasteiger partial charge in [0.2, 0.25) is 5.91 Å². The summed E-state index contributed by atoms with van der Waals surface area (Å²) < 4.78 is 0. The number of rotatable bonds is 6. The maximum Gasteiger partial charge on any atom is 0.220 e. The molecule has 0 aromatic heterocycles. The third-order valence-corrected chi connectivity index (χ3v) is 2.00. The van der Waals surface area contributed by atoms with Crippen molar-refractivity contribution in [2.75, 3.05) is 6.54 Å².